The molecule has 0 aliphatic heterocycles. The molecule has 0 aromatic heterocycles. The second kappa shape index (κ2) is 9.87. The van der Waals surface area contributed by atoms with Crippen molar-refractivity contribution in [3.05, 3.63) is 59.7 Å². The van der Waals surface area contributed by atoms with Gasteiger partial charge in [-0.25, -0.2) is 4.79 Å². The zero-order valence-electron chi connectivity index (χ0n) is 19.7. The van der Waals surface area contributed by atoms with E-state index in [2.05, 4.69) is 34.9 Å². The van der Waals surface area contributed by atoms with Crippen LogP contribution in [0.4, 0.5) is 4.79 Å². The minimum absolute atomic E-state index is 0.0250. The molecule has 1 saturated carbocycles. The molecule has 1 fully saturated rings. The van der Waals surface area contributed by atoms with Crippen molar-refractivity contribution in [2.24, 2.45) is 11.3 Å². The lowest BCUT2D eigenvalue weighted by atomic mass is 9.90. The number of benzene rings is 2. The number of carbonyl (C=O) groups excluding carboxylic acids is 2. The van der Waals surface area contributed by atoms with E-state index >= 15 is 0 Å². The van der Waals surface area contributed by atoms with Gasteiger partial charge in [-0.15, -0.1) is 0 Å². The zero-order valence-corrected chi connectivity index (χ0v) is 19.7. The van der Waals surface area contributed by atoms with Crippen LogP contribution in [0, 0.1) is 11.3 Å². The highest BCUT2D eigenvalue weighted by Crippen LogP contribution is 2.44. The number of amides is 2. The van der Waals surface area contributed by atoms with Gasteiger partial charge in [-0.3, -0.25) is 9.59 Å². The minimum atomic E-state index is -0.859. The van der Waals surface area contributed by atoms with E-state index in [-0.39, 0.29) is 43.4 Å². The maximum absolute atomic E-state index is 12.9. The topological polar surface area (TPSA) is 105 Å². The molecule has 2 atom stereocenters. The molecule has 3 N–H and O–H groups in total. The fourth-order valence-corrected chi connectivity index (χ4v) is 5.08. The average Bonchev–Trinajstić information content (AvgIpc) is 3.37. The van der Waals surface area contributed by atoms with Gasteiger partial charge in [0.2, 0.25) is 5.91 Å². The highest BCUT2D eigenvalue weighted by molar-refractivity contribution is 5.83. The molecule has 0 radical (unpaired) electrons. The predicted octanol–water partition coefficient (Wildman–Crippen LogP) is 4.31. The van der Waals surface area contributed by atoms with E-state index in [4.69, 9.17) is 9.84 Å². The van der Waals surface area contributed by atoms with Crippen LogP contribution in [0.3, 0.4) is 0 Å². The van der Waals surface area contributed by atoms with Crippen LogP contribution in [-0.4, -0.2) is 42.3 Å². The Balaban J connectivity index is 1.30. The number of carbonyl (C=O) groups is 3. The second-order valence-electron chi connectivity index (χ2n) is 9.93. The van der Waals surface area contributed by atoms with E-state index < -0.39 is 17.5 Å². The smallest absolute Gasteiger partial charge is 0.407 e. The predicted molar refractivity (Wildman–Crippen MR) is 128 cm³/mol. The molecule has 2 aromatic rings. The van der Waals surface area contributed by atoms with Gasteiger partial charge in [0, 0.05) is 18.5 Å². The Morgan fingerprint density at radius 1 is 1.00 bits per heavy atom. The highest BCUT2D eigenvalue weighted by atomic mass is 16.5. The number of ether oxygens (including phenoxy) is 1. The van der Waals surface area contributed by atoms with Gasteiger partial charge in [-0.05, 0) is 54.9 Å². The summed E-state index contributed by atoms with van der Waals surface area (Å²) < 4.78 is 5.56. The Hall–Kier alpha value is -3.35. The number of aliphatic carboxylic acids is 1. The van der Waals surface area contributed by atoms with Crippen molar-refractivity contribution in [1.82, 2.24) is 10.6 Å². The number of nitrogens with one attached hydrogen (secondary N) is 2. The molecule has 2 unspecified atom stereocenters. The molecule has 7 heteroatoms. The summed E-state index contributed by atoms with van der Waals surface area (Å²) in [5.74, 6) is -1.12. The van der Waals surface area contributed by atoms with Crippen molar-refractivity contribution in [1.29, 1.82) is 0 Å². The molecular formula is C27H32N2O5. The average molecular weight is 465 g/mol. The molecule has 2 aromatic carbocycles. The van der Waals surface area contributed by atoms with Crippen molar-refractivity contribution in [2.45, 2.75) is 51.5 Å². The summed E-state index contributed by atoms with van der Waals surface area (Å²) in [6.07, 6.45) is 1.98. The number of carboxylic acids is 1. The Morgan fingerprint density at radius 3 is 2.24 bits per heavy atom. The van der Waals surface area contributed by atoms with Crippen molar-refractivity contribution in [2.75, 3.05) is 13.2 Å². The van der Waals surface area contributed by atoms with Gasteiger partial charge >= 0.3 is 12.1 Å². The normalized spacial score (nSPS) is 19.2. The van der Waals surface area contributed by atoms with Gasteiger partial charge in [-0.1, -0.05) is 55.0 Å². The monoisotopic (exact) mass is 464 g/mol. The third-order valence-corrected chi connectivity index (χ3v) is 7.05. The fourth-order valence-electron chi connectivity index (χ4n) is 5.08. The third kappa shape index (κ3) is 5.08. The Kier molecular flexibility index (Phi) is 6.91. The van der Waals surface area contributed by atoms with Crippen molar-refractivity contribution in [3.63, 3.8) is 0 Å². The first-order valence-electron chi connectivity index (χ1n) is 11.9. The SMILES string of the molecule is CC(C)(CNC(=O)OCC1c2ccccc2-c2ccccc21)C(=O)NC1CCCC1CC(=O)O. The lowest BCUT2D eigenvalue weighted by Gasteiger charge is -2.28. The summed E-state index contributed by atoms with van der Waals surface area (Å²) in [4.78, 5) is 36.4. The molecule has 2 aliphatic carbocycles. The van der Waals surface area contributed by atoms with Crippen LogP contribution in [0.5, 0.6) is 0 Å². The third-order valence-electron chi connectivity index (χ3n) is 7.05. The minimum Gasteiger partial charge on any atom is -0.481 e. The molecule has 180 valence electrons. The van der Waals surface area contributed by atoms with Gasteiger partial charge in [0.05, 0.1) is 11.8 Å². The maximum atomic E-state index is 12.9. The largest absolute Gasteiger partial charge is 0.481 e. The van der Waals surface area contributed by atoms with Crippen molar-refractivity contribution >= 4 is 18.0 Å². The maximum Gasteiger partial charge on any atom is 0.407 e. The molecule has 0 spiro atoms. The van der Waals surface area contributed by atoms with Gasteiger partial charge in [-0.2, -0.15) is 0 Å². The molecule has 4 rings (SSSR count). The van der Waals surface area contributed by atoms with Gasteiger partial charge in [0.25, 0.3) is 0 Å². The van der Waals surface area contributed by atoms with Gasteiger partial charge in [0.15, 0.2) is 0 Å². The van der Waals surface area contributed by atoms with Crippen molar-refractivity contribution in [3.8, 4) is 11.1 Å². The molecule has 2 aliphatic rings. The van der Waals surface area contributed by atoms with E-state index in [1.165, 1.54) is 0 Å². The molecule has 0 heterocycles. The summed E-state index contributed by atoms with van der Waals surface area (Å²) >= 11 is 0. The van der Waals surface area contributed by atoms with Crippen LogP contribution in [-0.2, 0) is 14.3 Å². The Bertz CT molecular complexity index is 1030. The first kappa shape index (κ1) is 23.8. The summed E-state index contributed by atoms with van der Waals surface area (Å²) in [5.41, 5.74) is 3.76. The van der Waals surface area contributed by atoms with E-state index in [0.29, 0.717) is 0 Å². The summed E-state index contributed by atoms with van der Waals surface area (Å²) in [7, 11) is 0. The first-order chi connectivity index (χ1) is 16.3. The van der Waals surface area contributed by atoms with Crippen molar-refractivity contribution < 1.29 is 24.2 Å². The fraction of sp³-hybridized carbons (Fsp3) is 0.444. The van der Waals surface area contributed by atoms with Gasteiger partial charge < -0.3 is 20.5 Å². The molecule has 0 bridgehead atoms. The van der Waals surface area contributed by atoms with Crippen LogP contribution < -0.4 is 10.6 Å². The Labute approximate surface area is 199 Å². The van der Waals surface area contributed by atoms with Crippen LogP contribution in [0.1, 0.15) is 56.6 Å². The molecule has 34 heavy (non-hydrogen) atoms. The summed E-state index contributed by atoms with van der Waals surface area (Å²) in [5, 5.41) is 14.8. The number of fused-ring (bicyclic) bond motifs is 3. The standard InChI is InChI=1S/C27H32N2O5/c1-27(2,25(32)29-23-13-7-8-17(23)14-24(30)31)16-28-26(33)34-15-22-20-11-5-3-9-18(20)19-10-4-6-12-21(19)22/h3-6,9-12,17,22-23H,7-8,13-16H2,1-2H3,(H,28,33)(H,29,32)(H,30,31). The summed E-state index contributed by atoms with van der Waals surface area (Å²) in [6, 6.07) is 16.2. The lowest BCUT2D eigenvalue weighted by Crippen LogP contribution is -2.49. The molecule has 0 saturated heterocycles. The lowest BCUT2D eigenvalue weighted by molar-refractivity contribution is -0.139. The number of hydrogen-bond acceptors (Lipinski definition) is 4. The number of carboxylic acid groups (broad SMARTS) is 1. The van der Waals surface area contributed by atoms with Crippen LogP contribution in [0.15, 0.2) is 48.5 Å². The zero-order chi connectivity index (χ0) is 24.3. The quantitative estimate of drug-likeness (QED) is 0.540. The van der Waals surface area contributed by atoms with E-state index in [1.807, 2.05) is 24.3 Å². The van der Waals surface area contributed by atoms with Crippen LogP contribution in [0.2, 0.25) is 0 Å². The number of hydrogen-bond donors (Lipinski definition) is 3. The highest BCUT2D eigenvalue weighted by Gasteiger charge is 2.35. The number of alkyl carbamates (subject to hydrolysis) is 1. The number of rotatable bonds is 8. The van der Waals surface area contributed by atoms with E-state index in [0.717, 1.165) is 41.5 Å². The molecule has 2 amide bonds. The second-order valence-corrected chi connectivity index (χ2v) is 9.93. The first-order valence-corrected chi connectivity index (χ1v) is 11.9. The molecular weight excluding hydrogens is 432 g/mol. The van der Waals surface area contributed by atoms with E-state index in [1.54, 1.807) is 13.8 Å². The van der Waals surface area contributed by atoms with E-state index in [9.17, 15) is 14.4 Å². The van der Waals surface area contributed by atoms with Gasteiger partial charge in [0.1, 0.15) is 6.61 Å². The summed E-state index contributed by atoms with van der Waals surface area (Å²) in [6.45, 7) is 3.84. The van der Waals surface area contributed by atoms with Crippen LogP contribution in [0.25, 0.3) is 11.1 Å². The van der Waals surface area contributed by atoms with Crippen LogP contribution >= 0.6 is 0 Å². The molecule has 7 nitrogen and oxygen atoms in total. The Morgan fingerprint density at radius 2 is 1.62 bits per heavy atom.